The summed E-state index contributed by atoms with van der Waals surface area (Å²) in [5.41, 5.74) is -0.121. The molecule has 1 aromatic carbocycles. The maximum atomic E-state index is 13.1. The molecule has 0 bridgehead atoms. The summed E-state index contributed by atoms with van der Waals surface area (Å²) < 4.78 is 46.2. The number of rotatable bonds is 3. The van der Waals surface area contributed by atoms with Crippen molar-refractivity contribution in [3.05, 3.63) is 41.3 Å². The molecule has 0 amide bonds. The Labute approximate surface area is 181 Å². The number of nitrogens with zero attached hydrogens (tertiary/aromatic N) is 6. The highest BCUT2D eigenvalue weighted by atomic mass is 35.5. The van der Waals surface area contributed by atoms with E-state index >= 15 is 0 Å². The number of fused-ring (bicyclic) bond motifs is 1. The molecule has 0 spiro atoms. The number of hydrogen-bond acceptors (Lipinski definition) is 6. The van der Waals surface area contributed by atoms with Crippen LogP contribution in [0.15, 0.2) is 30.5 Å². The highest BCUT2D eigenvalue weighted by Gasteiger charge is 2.45. The van der Waals surface area contributed by atoms with Gasteiger partial charge in [-0.25, -0.2) is 4.68 Å². The average Bonchev–Trinajstić information content (AvgIpc) is 3.15. The third-order valence-corrected chi connectivity index (χ3v) is 6.11. The number of alkyl halides is 3. The minimum Gasteiger partial charge on any atom is -0.379 e. The molecule has 0 atom stereocenters. The van der Waals surface area contributed by atoms with E-state index in [1.165, 1.54) is 10.7 Å². The van der Waals surface area contributed by atoms with Crippen LogP contribution in [0.1, 0.15) is 12.5 Å². The van der Waals surface area contributed by atoms with Crippen LogP contribution >= 0.6 is 11.6 Å². The lowest BCUT2D eigenvalue weighted by Gasteiger charge is -2.55. The summed E-state index contributed by atoms with van der Waals surface area (Å²) in [7, 11) is 0. The summed E-state index contributed by atoms with van der Waals surface area (Å²) in [5.74, 6) is 0.638. The summed E-state index contributed by atoms with van der Waals surface area (Å²) >= 11 is 6.19. The molecule has 0 saturated carbocycles. The Balaban J connectivity index is 1.48. The van der Waals surface area contributed by atoms with Gasteiger partial charge in [0.05, 0.1) is 41.6 Å². The molecule has 0 aliphatic carbocycles. The van der Waals surface area contributed by atoms with Crippen LogP contribution in [0.5, 0.6) is 0 Å². The summed E-state index contributed by atoms with van der Waals surface area (Å²) in [5, 5.41) is 4.96. The maximum absolute atomic E-state index is 13.1. The van der Waals surface area contributed by atoms with Gasteiger partial charge in [0.15, 0.2) is 5.65 Å². The molecule has 5 rings (SSSR count). The van der Waals surface area contributed by atoms with Crippen molar-refractivity contribution >= 4 is 28.5 Å². The fourth-order valence-corrected chi connectivity index (χ4v) is 4.50. The fourth-order valence-electron chi connectivity index (χ4n) is 4.34. The molecule has 31 heavy (non-hydrogen) atoms. The zero-order valence-corrected chi connectivity index (χ0v) is 17.5. The van der Waals surface area contributed by atoms with E-state index in [1.807, 2.05) is 0 Å². The zero-order valence-electron chi connectivity index (χ0n) is 16.7. The molecule has 3 aromatic rings. The molecule has 7 nitrogen and oxygen atoms in total. The molecule has 2 aromatic heterocycles. The van der Waals surface area contributed by atoms with E-state index in [4.69, 9.17) is 16.3 Å². The minimum atomic E-state index is -4.45. The first-order valence-corrected chi connectivity index (χ1v) is 10.3. The van der Waals surface area contributed by atoms with Crippen molar-refractivity contribution in [3.8, 4) is 5.69 Å². The van der Waals surface area contributed by atoms with Crippen molar-refractivity contribution in [2.45, 2.75) is 18.6 Å². The SMILES string of the molecule is CC1(N2CCOCC2)CN(c2nc(Cl)nc3c2cnn3-c2cccc(C(F)(F)F)c2)C1. The number of anilines is 1. The number of morpholine rings is 1. The van der Waals surface area contributed by atoms with Gasteiger partial charge in [-0.1, -0.05) is 6.07 Å². The first kappa shape index (κ1) is 20.5. The Morgan fingerprint density at radius 1 is 1.13 bits per heavy atom. The largest absolute Gasteiger partial charge is 0.416 e. The number of hydrogen-bond donors (Lipinski definition) is 0. The van der Waals surface area contributed by atoms with Crippen LogP contribution in [0.25, 0.3) is 16.7 Å². The smallest absolute Gasteiger partial charge is 0.379 e. The lowest BCUT2D eigenvalue weighted by molar-refractivity contribution is -0.137. The van der Waals surface area contributed by atoms with Gasteiger partial charge in [-0.15, -0.1) is 0 Å². The standard InChI is InChI=1S/C20H20ClF3N6O/c1-19(29-5-7-31-8-6-29)11-28(12-19)16-15-10-25-30(17(15)27-18(21)26-16)14-4-2-3-13(9-14)20(22,23)24/h2-4,9-10H,5-8,11-12H2,1H3. The maximum Gasteiger partial charge on any atom is 0.416 e. The van der Waals surface area contributed by atoms with Gasteiger partial charge in [0.25, 0.3) is 0 Å². The Bertz CT molecular complexity index is 1120. The number of ether oxygens (including phenoxy) is 1. The quantitative estimate of drug-likeness (QED) is 0.568. The summed E-state index contributed by atoms with van der Waals surface area (Å²) in [6.45, 7) is 6.94. The molecule has 11 heteroatoms. The van der Waals surface area contributed by atoms with Gasteiger partial charge in [-0.3, -0.25) is 4.90 Å². The second-order valence-electron chi connectivity index (χ2n) is 8.11. The second-order valence-corrected chi connectivity index (χ2v) is 8.45. The van der Waals surface area contributed by atoms with Crippen molar-refractivity contribution in [1.82, 2.24) is 24.6 Å². The highest BCUT2D eigenvalue weighted by molar-refractivity contribution is 6.28. The molecule has 2 aliphatic rings. The monoisotopic (exact) mass is 452 g/mol. The van der Waals surface area contributed by atoms with E-state index < -0.39 is 11.7 Å². The van der Waals surface area contributed by atoms with E-state index in [1.54, 1.807) is 12.3 Å². The van der Waals surface area contributed by atoms with E-state index in [2.05, 4.69) is 31.8 Å². The van der Waals surface area contributed by atoms with Crippen LogP contribution in [0, 0.1) is 0 Å². The summed E-state index contributed by atoms with van der Waals surface area (Å²) in [6.07, 6.45) is -2.87. The van der Waals surface area contributed by atoms with Crippen LogP contribution in [0.4, 0.5) is 19.0 Å². The number of halogens is 4. The lowest BCUT2D eigenvalue weighted by Crippen LogP contribution is -2.70. The van der Waals surface area contributed by atoms with Gasteiger partial charge in [0.1, 0.15) is 5.82 Å². The molecular formula is C20H20ClF3N6O. The van der Waals surface area contributed by atoms with Crippen LogP contribution in [0.2, 0.25) is 5.28 Å². The van der Waals surface area contributed by atoms with Gasteiger partial charge in [0.2, 0.25) is 5.28 Å². The molecule has 4 heterocycles. The number of aromatic nitrogens is 4. The Morgan fingerprint density at radius 3 is 2.58 bits per heavy atom. The summed E-state index contributed by atoms with van der Waals surface area (Å²) in [6, 6.07) is 4.96. The third-order valence-electron chi connectivity index (χ3n) is 5.94. The summed E-state index contributed by atoms with van der Waals surface area (Å²) in [4.78, 5) is 13.2. The highest BCUT2D eigenvalue weighted by Crippen LogP contribution is 2.36. The van der Waals surface area contributed by atoms with Crippen molar-refractivity contribution in [1.29, 1.82) is 0 Å². The van der Waals surface area contributed by atoms with Crippen LogP contribution in [-0.2, 0) is 10.9 Å². The lowest BCUT2D eigenvalue weighted by atomic mass is 9.89. The van der Waals surface area contributed by atoms with E-state index in [0.29, 0.717) is 16.9 Å². The number of benzene rings is 1. The van der Waals surface area contributed by atoms with E-state index in [9.17, 15) is 13.2 Å². The normalized spacial score (nSPS) is 19.6. The van der Waals surface area contributed by atoms with Gasteiger partial charge in [0, 0.05) is 26.2 Å². The first-order valence-electron chi connectivity index (χ1n) is 9.91. The van der Waals surface area contributed by atoms with Crippen molar-refractivity contribution in [3.63, 3.8) is 0 Å². The molecule has 2 saturated heterocycles. The molecular weight excluding hydrogens is 433 g/mol. The molecule has 0 unspecified atom stereocenters. The average molecular weight is 453 g/mol. The third kappa shape index (κ3) is 3.62. The van der Waals surface area contributed by atoms with E-state index in [-0.39, 0.29) is 16.5 Å². The van der Waals surface area contributed by atoms with Gasteiger partial charge < -0.3 is 9.64 Å². The van der Waals surface area contributed by atoms with Gasteiger partial charge >= 0.3 is 6.18 Å². The predicted octanol–water partition coefficient (Wildman–Crippen LogP) is 3.40. The van der Waals surface area contributed by atoms with Crippen LogP contribution < -0.4 is 4.90 Å². The van der Waals surface area contributed by atoms with Gasteiger partial charge in [-0.2, -0.15) is 28.2 Å². The first-order chi connectivity index (χ1) is 14.7. The predicted molar refractivity (Wildman–Crippen MR) is 110 cm³/mol. The van der Waals surface area contributed by atoms with Crippen molar-refractivity contribution in [2.24, 2.45) is 0 Å². The minimum absolute atomic E-state index is 0.00453. The topological polar surface area (TPSA) is 59.3 Å². The molecule has 2 aliphatic heterocycles. The second kappa shape index (κ2) is 7.32. The van der Waals surface area contributed by atoms with Crippen LogP contribution in [-0.4, -0.2) is 69.6 Å². The molecule has 0 radical (unpaired) electrons. The van der Waals surface area contributed by atoms with Crippen molar-refractivity contribution in [2.75, 3.05) is 44.3 Å². The van der Waals surface area contributed by atoms with Gasteiger partial charge in [-0.05, 0) is 36.7 Å². The molecule has 0 N–H and O–H groups in total. The van der Waals surface area contributed by atoms with Crippen LogP contribution in [0.3, 0.4) is 0 Å². The fraction of sp³-hybridized carbons (Fsp3) is 0.450. The molecule has 2 fully saturated rings. The van der Waals surface area contributed by atoms with E-state index in [0.717, 1.165) is 51.5 Å². The zero-order chi connectivity index (χ0) is 21.8. The Morgan fingerprint density at radius 2 is 1.87 bits per heavy atom. The van der Waals surface area contributed by atoms with Crippen molar-refractivity contribution < 1.29 is 17.9 Å². The molecule has 164 valence electrons. The Hall–Kier alpha value is -2.43. The Kier molecular flexibility index (Phi) is 4.83.